The molecule has 0 saturated heterocycles. The smallest absolute Gasteiger partial charge is 0.308 e. The van der Waals surface area contributed by atoms with E-state index in [1.54, 1.807) is 12.1 Å². The molecule has 1 rings (SSSR count). The standard InChI is InChI=1S/C10H12N2O3/c1-8(13)15-10-5-3-2-4-9(10)6-7-11-12-14/h2-5H,6-7H2,1H3,(H,11,14). The maximum Gasteiger partial charge on any atom is 0.308 e. The van der Waals surface area contributed by atoms with Crippen LogP contribution in [0.4, 0.5) is 0 Å². The van der Waals surface area contributed by atoms with Gasteiger partial charge in [-0.25, -0.2) is 0 Å². The zero-order valence-electron chi connectivity index (χ0n) is 8.40. The molecule has 0 aliphatic rings. The van der Waals surface area contributed by atoms with Crippen molar-refractivity contribution in [1.29, 1.82) is 0 Å². The number of benzene rings is 1. The lowest BCUT2D eigenvalue weighted by Gasteiger charge is -2.07. The van der Waals surface area contributed by atoms with Gasteiger partial charge in [-0.1, -0.05) is 18.2 Å². The molecule has 0 bridgehead atoms. The van der Waals surface area contributed by atoms with Crippen LogP contribution in [0.25, 0.3) is 0 Å². The molecule has 0 aliphatic heterocycles. The molecule has 0 radical (unpaired) electrons. The minimum absolute atomic E-state index is 0.357. The van der Waals surface area contributed by atoms with Gasteiger partial charge in [-0.05, 0) is 18.1 Å². The Morgan fingerprint density at radius 1 is 1.47 bits per heavy atom. The summed E-state index contributed by atoms with van der Waals surface area (Å²) in [5, 5.41) is 2.53. The van der Waals surface area contributed by atoms with Crippen molar-refractivity contribution in [3.63, 3.8) is 0 Å². The quantitative estimate of drug-likeness (QED) is 0.261. The van der Waals surface area contributed by atoms with E-state index in [1.807, 2.05) is 12.1 Å². The van der Waals surface area contributed by atoms with Crippen LogP contribution in [0.2, 0.25) is 0 Å². The molecule has 0 unspecified atom stereocenters. The number of hydrogen-bond donors (Lipinski definition) is 1. The first kappa shape index (κ1) is 11.2. The Morgan fingerprint density at radius 3 is 2.87 bits per heavy atom. The summed E-state index contributed by atoms with van der Waals surface area (Å²) >= 11 is 0. The predicted molar refractivity (Wildman–Crippen MR) is 55.3 cm³/mol. The molecule has 15 heavy (non-hydrogen) atoms. The molecule has 0 fully saturated rings. The van der Waals surface area contributed by atoms with Crippen LogP contribution in [0.15, 0.2) is 29.6 Å². The molecule has 0 amide bonds. The third-order valence-corrected chi connectivity index (χ3v) is 1.80. The summed E-state index contributed by atoms with van der Waals surface area (Å²) in [5.41, 5.74) is 3.17. The Hall–Kier alpha value is -1.91. The molecule has 0 spiro atoms. The van der Waals surface area contributed by atoms with Gasteiger partial charge >= 0.3 is 5.97 Å². The van der Waals surface area contributed by atoms with Gasteiger partial charge in [0.2, 0.25) is 0 Å². The van der Waals surface area contributed by atoms with Gasteiger partial charge in [-0.2, -0.15) is 0 Å². The molecule has 80 valence electrons. The van der Waals surface area contributed by atoms with E-state index in [-0.39, 0.29) is 5.97 Å². The third kappa shape index (κ3) is 3.76. The molecule has 1 aromatic rings. The summed E-state index contributed by atoms with van der Waals surface area (Å²) in [6, 6.07) is 7.18. The van der Waals surface area contributed by atoms with E-state index in [9.17, 15) is 9.70 Å². The van der Waals surface area contributed by atoms with Gasteiger partial charge in [-0.15, -0.1) is 4.91 Å². The van der Waals surface area contributed by atoms with Crippen molar-refractivity contribution in [2.75, 3.05) is 6.54 Å². The molecule has 0 atom stereocenters. The summed E-state index contributed by atoms with van der Waals surface area (Å²) in [4.78, 5) is 20.6. The van der Waals surface area contributed by atoms with Crippen LogP contribution in [-0.4, -0.2) is 12.5 Å². The van der Waals surface area contributed by atoms with E-state index in [0.29, 0.717) is 18.7 Å². The summed E-state index contributed by atoms with van der Waals surface area (Å²) in [7, 11) is 0. The van der Waals surface area contributed by atoms with Crippen LogP contribution in [-0.2, 0) is 11.2 Å². The van der Waals surface area contributed by atoms with Gasteiger partial charge in [-0.3, -0.25) is 10.2 Å². The van der Waals surface area contributed by atoms with Gasteiger partial charge in [0.05, 0.1) is 0 Å². The highest BCUT2D eigenvalue weighted by atomic mass is 16.5. The molecule has 1 aromatic carbocycles. The zero-order chi connectivity index (χ0) is 11.1. The highest BCUT2D eigenvalue weighted by Gasteiger charge is 2.04. The number of nitroso groups, excluding NO2 is 1. The highest BCUT2D eigenvalue weighted by molar-refractivity contribution is 5.69. The van der Waals surface area contributed by atoms with Crippen LogP contribution in [0.1, 0.15) is 12.5 Å². The fourth-order valence-corrected chi connectivity index (χ4v) is 1.20. The number of ether oxygens (including phenoxy) is 1. The van der Waals surface area contributed by atoms with E-state index in [0.717, 1.165) is 5.56 Å². The van der Waals surface area contributed by atoms with Gasteiger partial charge in [0, 0.05) is 18.8 Å². The van der Waals surface area contributed by atoms with E-state index in [1.165, 1.54) is 6.92 Å². The van der Waals surface area contributed by atoms with Crippen molar-refractivity contribution < 1.29 is 9.53 Å². The molecular formula is C10H12N2O3. The Balaban J connectivity index is 2.67. The van der Waals surface area contributed by atoms with Crippen molar-refractivity contribution in [3.05, 3.63) is 34.7 Å². The Morgan fingerprint density at radius 2 is 2.20 bits per heavy atom. The average Bonchev–Trinajstić information content (AvgIpc) is 2.20. The van der Waals surface area contributed by atoms with Crippen LogP contribution < -0.4 is 10.2 Å². The molecule has 0 aromatic heterocycles. The average molecular weight is 208 g/mol. The minimum Gasteiger partial charge on any atom is -0.426 e. The van der Waals surface area contributed by atoms with E-state index < -0.39 is 0 Å². The van der Waals surface area contributed by atoms with E-state index >= 15 is 0 Å². The molecule has 5 nitrogen and oxygen atoms in total. The highest BCUT2D eigenvalue weighted by Crippen LogP contribution is 2.18. The van der Waals surface area contributed by atoms with Gasteiger partial charge in [0.25, 0.3) is 0 Å². The topological polar surface area (TPSA) is 67.8 Å². The minimum atomic E-state index is -0.357. The Kier molecular flexibility index (Phi) is 4.28. The number of hydrogen-bond acceptors (Lipinski definition) is 4. The van der Waals surface area contributed by atoms with Crippen molar-refractivity contribution in [3.8, 4) is 5.75 Å². The Labute approximate surface area is 87.4 Å². The maximum atomic E-state index is 10.8. The molecule has 0 saturated carbocycles. The number of carbonyl (C=O) groups is 1. The van der Waals surface area contributed by atoms with Crippen molar-refractivity contribution in [2.45, 2.75) is 13.3 Å². The lowest BCUT2D eigenvalue weighted by molar-refractivity contribution is -0.131. The second-order valence-electron chi connectivity index (χ2n) is 2.95. The normalized spacial score (nSPS) is 9.40. The first-order valence-corrected chi connectivity index (χ1v) is 4.55. The lowest BCUT2D eigenvalue weighted by atomic mass is 10.1. The van der Waals surface area contributed by atoms with Gasteiger partial charge < -0.3 is 4.74 Å². The van der Waals surface area contributed by atoms with Crippen molar-refractivity contribution in [1.82, 2.24) is 5.43 Å². The van der Waals surface area contributed by atoms with Crippen LogP contribution in [0, 0.1) is 4.91 Å². The van der Waals surface area contributed by atoms with Crippen LogP contribution in [0.3, 0.4) is 0 Å². The number of carbonyl (C=O) groups excluding carboxylic acids is 1. The third-order valence-electron chi connectivity index (χ3n) is 1.80. The predicted octanol–water partition coefficient (Wildman–Crippen LogP) is 1.43. The second-order valence-corrected chi connectivity index (χ2v) is 2.95. The first-order valence-electron chi connectivity index (χ1n) is 4.55. The molecular weight excluding hydrogens is 196 g/mol. The molecule has 0 heterocycles. The van der Waals surface area contributed by atoms with Crippen molar-refractivity contribution >= 4 is 5.97 Å². The first-order chi connectivity index (χ1) is 7.24. The monoisotopic (exact) mass is 208 g/mol. The molecule has 0 aliphatic carbocycles. The summed E-state index contributed by atoms with van der Waals surface area (Å²) in [5.74, 6) is 0.168. The second kappa shape index (κ2) is 5.74. The van der Waals surface area contributed by atoms with Crippen molar-refractivity contribution in [2.24, 2.45) is 5.29 Å². The van der Waals surface area contributed by atoms with Crippen LogP contribution >= 0.6 is 0 Å². The summed E-state index contributed by atoms with van der Waals surface area (Å²) < 4.78 is 5.00. The van der Waals surface area contributed by atoms with E-state index in [2.05, 4.69) is 10.7 Å². The van der Waals surface area contributed by atoms with Gasteiger partial charge in [0.15, 0.2) is 0 Å². The summed E-state index contributed by atoms with van der Waals surface area (Å²) in [6.45, 7) is 1.77. The van der Waals surface area contributed by atoms with Crippen LogP contribution in [0.5, 0.6) is 5.75 Å². The Bertz CT molecular complexity index is 352. The molecule has 1 N–H and O–H groups in total. The zero-order valence-corrected chi connectivity index (χ0v) is 8.40. The number of nitrogens with one attached hydrogen (secondary N) is 1. The molecule has 5 heteroatoms. The SMILES string of the molecule is CC(=O)Oc1ccccc1CCNN=O. The summed E-state index contributed by atoms with van der Waals surface area (Å²) in [6.07, 6.45) is 0.579. The van der Waals surface area contributed by atoms with E-state index in [4.69, 9.17) is 4.74 Å². The number of rotatable bonds is 5. The van der Waals surface area contributed by atoms with Gasteiger partial charge in [0.1, 0.15) is 5.75 Å². The largest absolute Gasteiger partial charge is 0.426 e. The number of nitrogens with zero attached hydrogens (tertiary/aromatic N) is 1. The maximum absolute atomic E-state index is 10.8. The fourth-order valence-electron chi connectivity index (χ4n) is 1.20. The lowest BCUT2D eigenvalue weighted by Crippen LogP contribution is -2.11. The number of esters is 1. The number of para-hydroxylation sites is 1. The fraction of sp³-hybridized carbons (Fsp3) is 0.300.